The molecule has 0 aliphatic carbocycles. The fourth-order valence-corrected chi connectivity index (χ4v) is 5.64. The highest BCUT2D eigenvalue weighted by molar-refractivity contribution is 6.36. The van der Waals surface area contributed by atoms with Gasteiger partial charge in [0.15, 0.2) is 0 Å². The summed E-state index contributed by atoms with van der Waals surface area (Å²) in [5.74, 6) is 0.492. The number of carbonyl (C=O) groups excluding carboxylic acids is 2. The molecule has 192 valence electrons. The van der Waals surface area contributed by atoms with E-state index < -0.39 is 0 Å². The molecule has 2 heterocycles. The van der Waals surface area contributed by atoms with Crippen molar-refractivity contribution in [2.45, 2.75) is 25.8 Å². The van der Waals surface area contributed by atoms with E-state index in [1.807, 2.05) is 36.4 Å². The molecule has 2 aliphatic rings. The van der Waals surface area contributed by atoms with Crippen molar-refractivity contribution in [3.8, 4) is 5.75 Å². The second kappa shape index (κ2) is 11.1. The normalized spacial score (nSPS) is 17.4. The first-order valence-corrected chi connectivity index (χ1v) is 13.2. The molecular formula is C29H29Cl2N3O3. The van der Waals surface area contributed by atoms with E-state index in [0.717, 1.165) is 42.6 Å². The number of halogens is 2. The van der Waals surface area contributed by atoms with E-state index in [4.69, 9.17) is 27.9 Å². The fourth-order valence-electron chi connectivity index (χ4n) is 5.12. The van der Waals surface area contributed by atoms with Crippen LogP contribution in [0.1, 0.15) is 34.3 Å². The van der Waals surface area contributed by atoms with Crippen LogP contribution in [0.25, 0.3) is 0 Å². The summed E-state index contributed by atoms with van der Waals surface area (Å²) in [4.78, 5) is 30.4. The number of likely N-dealkylation sites (tertiary alicyclic amines) is 1. The number of ether oxygens (including phenoxy) is 1. The van der Waals surface area contributed by atoms with Gasteiger partial charge in [-0.05, 0) is 79.9 Å². The van der Waals surface area contributed by atoms with Gasteiger partial charge in [-0.2, -0.15) is 0 Å². The topological polar surface area (TPSA) is 61.9 Å². The number of carbonyl (C=O) groups is 2. The maximum absolute atomic E-state index is 13.2. The van der Waals surface area contributed by atoms with Crippen molar-refractivity contribution >= 4 is 46.4 Å². The third-order valence-corrected chi connectivity index (χ3v) is 7.86. The van der Waals surface area contributed by atoms with Crippen molar-refractivity contribution in [1.82, 2.24) is 4.90 Å². The van der Waals surface area contributed by atoms with E-state index in [0.29, 0.717) is 46.7 Å². The highest BCUT2D eigenvalue weighted by Gasteiger charge is 2.29. The molecule has 6 nitrogen and oxygen atoms in total. The van der Waals surface area contributed by atoms with Crippen molar-refractivity contribution in [3.63, 3.8) is 0 Å². The Morgan fingerprint density at radius 3 is 2.51 bits per heavy atom. The van der Waals surface area contributed by atoms with Gasteiger partial charge in [0, 0.05) is 52.2 Å². The van der Waals surface area contributed by atoms with Gasteiger partial charge in [-0.15, -0.1) is 0 Å². The van der Waals surface area contributed by atoms with Gasteiger partial charge in [-0.1, -0.05) is 35.3 Å². The first-order chi connectivity index (χ1) is 17.9. The van der Waals surface area contributed by atoms with E-state index in [-0.39, 0.29) is 17.7 Å². The summed E-state index contributed by atoms with van der Waals surface area (Å²) in [5, 5.41) is 4.38. The highest BCUT2D eigenvalue weighted by atomic mass is 35.5. The maximum Gasteiger partial charge on any atom is 0.258 e. The number of rotatable bonds is 6. The summed E-state index contributed by atoms with van der Waals surface area (Å²) >= 11 is 12.7. The summed E-state index contributed by atoms with van der Waals surface area (Å²) in [6.07, 6.45) is 2.54. The first kappa shape index (κ1) is 25.6. The standard InChI is InChI=1S/C29H29Cl2N3O3/c1-37-23-11-8-20(9-12-23)29(36)34-15-13-19-7-10-22(16-27(19)34)32-28(35)21-4-3-14-33(17-21)18-24-25(30)5-2-6-26(24)31/h2,5-12,16,21H,3-4,13-15,17-18H2,1H3,(H,32,35)/t21-/m1/s1. The third kappa shape index (κ3) is 5.61. The molecule has 0 bridgehead atoms. The maximum atomic E-state index is 13.2. The van der Waals surface area contributed by atoms with Crippen LogP contribution in [-0.2, 0) is 17.8 Å². The van der Waals surface area contributed by atoms with Crippen LogP contribution in [-0.4, -0.2) is 43.5 Å². The molecule has 0 spiro atoms. The molecular weight excluding hydrogens is 509 g/mol. The molecule has 1 N–H and O–H groups in total. The Hall–Kier alpha value is -3.06. The molecule has 1 fully saturated rings. The minimum atomic E-state index is -0.139. The molecule has 0 saturated carbocycles. The minimum Gasteiger partial charge on any atom is -0.497 e. The van der Waals surface area contributed by atoms with E-state index >= 15 is 0 Å². The number of nitrogens with zero attached hydrogens (tertiary/aromatic N) is 2. The van der Waals surface area contributed by atoms with Gasteiger partial charge in [0.1, 0.15) is 5.75 Å². The molecule has 0 radical (unpaired) electrons. The van der Waals surface area contributed by atoms with Gasteiger partial charge in [0.25, 0.3) is 5.91 Å². The molecule has 0 unspecified atom stereocenters. The van der Waals surface area contributed by atoms with Crippen molar-refractivity contribution in [1.29, 1.82) is 0 Å². The van der Waals surface area contributed by atoms with E-state index in [1.165, 1.54) is 0 Å². The molecule has 2 aliphatic heterocycles. The van der Waals surface area contributed by atoms with Gasteiger partial charge in [-0.25, -0.2) is 0 Å². The Bertz CT molecular complexity index is 1290. The van der Waals surface area contributed by atoms with Gasteiger partial charge < -0.3 is 15.0 Å². The smallest absolute Gasteiger partial charge is 0.258 e. The Labute approximate surface area is 227 Å². The van der Waals surface area contributed by atoms with Crippen molar-refractivity contribution < 1.29 is 14.3 Å². The van der Waals surface area contributed by atoms with E-state index in [1.54, 1.807) is 36.3 Å². The lowest BCUT2D eigenvalue weighted by Gasteiger charge is -2.32. The van der Waals surface area contributed by atoms with Crippen LogP contribution in [0.2, 0.25) is 10.0 Å². The fraction of sp³-hybridized carbons (Fsp3) is 0.310. The van der Waals surface area contributed by atoms with Gasteiger partial charge in [0.2, 0.25) is 5.91 Å². The predicted molar refractivity (Wildman–Crippen MR) is 148 cm³/mol. The average molecular weight is 538 g/mol. The molecule has 0 aromatic heterocycles. The number of amides is 2. The Kier molecular flexibility index (Phi) is 7.70. The average Bonchev–Trinajstić information content (AvgIpc) is 3.34. The zero-order valence-corrected chi connectivity index (χ0v) is 22.2. The number of methoxy groups -OCH3 is 1. The number of benzene rings is 3. The van der Waals surface area contributed by atoms with Crippen molar-refractivity contribution in [2.24, 2.45) is 5.92 Å². The van der Waals surface area contributed by atoms with Crippen LogP contribution in [0.15, 0.2) is 60.7 Å². The van der Waals surface area contributed by atoms with Crippen LogP contribution in [0.5, 0.6) is 5.75 Å². The minimum absolute atomic E-state index is 0.0130. The van der Waals surface area contributed by atoms with E-state index in [2.05, 4.69) is 10.2 Å². The number of piperidine rings is 1. The van der Waals surface area contributed by atoms with Crippen LogP contribution < -0.4 is 15.0 Å². The van der Waals surface area contributed by atoms with Crippen LogP contribution in [0, 0.1) is 5.92 Å². The number of nitrogens with one attached hydrogen (secondary N) is 1. The SMILES string of the molecule is COc1ccc(C(=O)N2CCc3ccc(NC(=O)[C@@H]4CCCN(Cc5c(Cl)cccc5Cl)C4)cc32)cc1. The second-order valence-corrected chi connectivity index (χ2v) is 10.4. The zero-order chi connectivity index (χ0) is 25.9. The van der Waals surface area contributed by atoms with Gasteiger partial charge in [0.05, 0.1) is 13.0 Å². The molecule has 1 saturated heterocycles. The highest BCUT2D eigenvalue weighted by Crippen LogP contribution is 2.33. The second-order valence-electron chi connectivity index (χ2n) is 9.54. The van der Waals surface area contributed by atoms with Gasteiger partial charge >= 0.3 is 0 Å². The molecule has 5 rings (SSSR count). The largest absolute Gasteiger partial charge is 0.497 e. The predicted octanol–water partition coefficient (Wildman–Crippen LogP) is 6.06. The molecule has 3 aromatic rings. The zero-order valence-electron chi connectivity index (χ0n) is 20.7. The van der Waals surface area contributed by atoms with Crippen LogP contribution in [0.3, 0.4) is 0 Å². The monoisotopic (exact) mass is 537 g/mol. The number of fused-ring (bicyclic) bond motifs is 1. The third-order valence-electron chi connectivity index (χ3n) is 7.15. The summed E-state index contributed by atoms with van der Waals surface area (Å²) < 4.78 is 5.20. The van der Waals surface area contributed by atoms with Crippen LogP contribution in [0.4, 0.5) is 11.4 Å². The number of anilines is 2. The van der Waals surface area contributed by atoms with Gasteiger partial charge in [-0.3, -0.25) is 14.5 Å². The van der Waals surface area contributed by atoms with Crippen molar-refractivity contribution in [2.75, 3.05) is 37.0 Å². The number of hydrogen-bond donors (Lipinski definition) is 1. The quantitative estimate of drug-likeness (QED) is 0.415. The lowest BCUT2D eigenvalue weighted by Crippen LogP contribution is -2.40. The Balaban J connectivity index is 1.25. The number of hydrogen-bond acceptors (Lipinski definition) is 4. The summed E-state index contributed by atoms with van der Waals surface area (Å²) in [7, 11) is 1.60. The van der Waals surface area contributed by atoms with E-state index in [9.17, 15) is 9.59 Å². The lowest BCUT2D eigenvalue weighted by molar-refractivity contribution is -0.121. The Morgan fingerprint density at radius 2 is 1.78 bits per heavy atom. The molecule has 1 atom stereocenters. The summed E-state index contributed by atoms with van der Waals surface area (Å²) in [6, 6.07) is 18.5. The summed E-state index contributed by atoms with van der Waals surface area (Å²) in [5.41, 5.74) is 4.14. The lowest BCUT2D eigenvalue weighted by atomic mass is 9.96. The Morgan fingerprint density at radius 1 is 1.03 bits per heavy atom. The molecule has 3 aromatic carbocycles. The first-order valence-electron chi connectivity index (χ1n) is 12.5. The molecule has 8 heteroatoms. The summed E-state index contributed by atoms with van der Waals surface area (Å²) in [6.45, 7) is 2.76. The molecule has 2 amide bonds. The van der Waals surface area contributed by atoms with Crippen LogP contribution >= 0.6 is 23.2 Å². The molecule has 37 heavy (non-hydrogen) atoms. The van der Waals surface area contributed by atoms with Crippen molar-refractivity contribution in [3.05, 3.63) is 87.4 Å².